The first-order chi connectivity index (χ1) is 8.70. The molecule has 0 N–H and O–H groups in total. The van der Waals surface area contributed by atoms with E-state index in [-0.39, 0.29) is 11.7 Å². The number of hydrogen-bond donors (Lipinski definition) is 0. The van der Waals surface area contributed by atoms with Crippen molar-refractivity contribution in [3.05, 3.63) is 29.6 Å². The van der Waals surface area contributed by atoms with E-state index in [0.717, 1.165) is 25.7 Å². The summed E-state index contributed by atoms with van der Waals surface area (Å²) in [5.41, 5.74) is -0.0265. The van der Waals surface area contributed by atoms with Gasteiger partial charge in [0.25, 0.3) is 0 Å². The number of halogens is 1. The summed E-state index contributed by atoms with van der Waals surface area (Å²) in [7, 11) is 1.45. The molecule has 1 aromatic rings. The van der Waals surface area contributed by atoms with Crippen LogP contribution in [0.5, 0.6) is 5.75 Å². The van der Waals surface area contributed by atoms with Crippen LogP contribution in [0.25, 0.3) is 0 Å². The molecule has 1 fully saturated rings. The lowest BCUT2D eigenvalue weighted by Crippen LogP contribution is -2.21. The summed E-state index contributed by atoms with van der Waals surface area (Å²) in [6.07, 6.45) is 5.03. The van der Waals surface area contributed by atoms with Crippen LogP contribution in [0.1, 0.15) is 42.5 Å². The van der Waals surface area contributed by atoms with E-state index in [1.54, 1.807) is 6.07 Å². The molecule has 1 aliphatic carbocycles. The zero-order valence-corrected chi connectivity index (χ0v) is 10.4. The Morgan fingerprint density at radius 3 is 2.61 bits per heavy atom. The van der Waals surface area contributed by atoms with Gasteiger partial charge in [0, 0.05) is 6.07 Å². The molecular weight excluding hydrogens is 235 g/mol. The average Bonchev–Trinajstić information content (AvgIpc) is 2.39. The van der Waals surface area contributed by atoms with Gasteiger partial charge < -0.3 is 9.47 Å². The van der Waals surface area contributed by atoms with Gasteiger partial charge in [0.1, 0.15) is 17.7 Å². The topological polar surface area (TPSA) is 35.5 Å². The predicted molar refractivity (Wildman–Crippen MR) is 65.2 cm³/mol. The first kappa shape index (κ1) is 12.9. The van der Waals surface area contributed by atoms with Gasteiger partial charge in [0.05, 0.1) is 12.7 Å². The normalized spacial score (nSPS) is 16.3. The van der Waals surface area contributed by atoms with E-state index in [1.807, 2.05) is 0 Å². The second kappa shape index (κ2) is 5.85. The van der Waals surface area contributed by atoms with E-state index in [0.29, 0.717) is 5.75 Å². The molecule has 0 amide bonds. The maximum absolute atomic E-state index is 13.7. The Morgan fingerprint density at radius 1 is 1.28 bits per heavy atom. The van der Waals surface area contributed by atoms with E-state index in [9.17, 15) is 9.18 Å². The molecule has 0 spiro atoms. The number of benzene rings is 1. The molecule has 0 unspecified atom stereocenters. The van der Waals surface area contributed by atoms with E-state index >= 15 is 0 Å². The third kappa shape index (κ3) is 3.00. The zero-order chi connectivity index (χ0) is 13.0. The van der Waals surface area contributed by atoms with E-state index < -0.39 is 11.8 Å². The van der Waals surface area contributed by atoms with Gasteiger partial charge in [-0.3, -0.25) is 0 Å². The number of esters is 1. The summed E-state index contributed by atoms with van der Waals surface area (Å²) in [4.78, 5) is 11.8. The number of carbonyl (C=O) groups is 1. The lowest BCUT2D eigenvalue weighted by molar-refractivity contribution is 0.0206. The van der Waals surface area contributed by atoms with Gasteiger partial charge in [0.15, 0.2) is 0 Å². The first-order valence-corrected chi connectivity index (χ1v) is 6.25. The molecule has 98 valence electrons. The van der Waals surface area contributed by atoms with Crippen LogP contribution in [-0.4, -0.2) is 19.2 Å². The van der Waals surface area contributed by atoms with Crippen LogP contribution in [0.3, 0.4) is 0 Å². The second-order valence-electron chi connectivity index (χ2n) is 4.51. The van der Waals surface area contributed by atoms with Gasteiger partial charge in [-0.05, 0) is 37.8 Å². The molecule has 0 saturated heterocycles. The Balaban J connectivity index is 2.03. The molecule has 18 heavy (non-hydrogen) atoms. The summed E-state index contributed by atoms with van der Waals surface area (Å²) in [5, 5.41) is 0. The average molecular weight is 252 g/mol. The molecule has 1 saturated carbocycles. The number of hydrogen-bond acceptors (Lipinski definition) is 3. The predicted octanol–water partition coefficient (Wildman–Crippen LogP) is 3.32. The summed E-state index contributed by atoms with van der Waals surface area (Å²) in [6.45, 7) is 0. The molecule has 4 heteroatoms. The van der Waals surface area contributed by atoms with Crippen molar-refractivity contribution < 1.29 is 18.7 Å². The first-order valence-electron chi connectivity index (χ1n) is 6.25. The van der Waals surface area contributed by atoms with Crippen LogP contribution in [0.4, 0.5) is 4.39 Å². The molecule has 0 bridgehead atoms. The molecule has 2 rings (SSSR count). The standard InChI is InChI=1S/C14H17FO3/c1-17-11-7-8-12(13(15)9-11)14(16)18-10-5-3-2-4-6-10/h7-10H,2-6H2,1H3. The van der Waals surface area contributed by atoms with Crippen LogP contribution in [0.15, 0.2) is 18.2 Å². The van der Waals surface area contributed by atoms with Crippen molar-refractivity contribution in [1.29, 1.82) is 0 Å². The SMILES string of the molecule is COc1ccc(C(=O)OC2CCCCC2)c(F)c1. The Kier molecular flexibility index (Phi) is 4.18. The highest BCUT2D eigenvalue weighted by Gasteiger charge is 2.21. The lowest BCUT2D eigenvalue weighted by Gasteiger charge is -2.21. The number of ether oxygens (including phenoxy) is 2. The fraction of sp³-hybridized carbons (Fsp3) is 0.500. The highest BCUT2D eigenvalue weighted by atomic mass is 19.1. The molecule has 0 aromatic heterocycles. The van der Waals surface area contributed by atoms with Crippen molar-refractivity contribution in [2.45, 2.75) is 38.2 Å². The fourth-order valence-electron chi connectivity index (χ4n) is 2.19. The van der Waals surface area contributed by atoms with Gasteiger partial charge in [0.2, 0.25) is 0 Å². The third-order valence-corrected chi connectivity index (χ3v) is 3.22. The second-order valence-corrected chi connectivity index (χ2v) is 4.51. The van der Waals surface area contributed by atoms with Crippen molar-refractivity contribution in [2.75, 3.05) is 7.11 Å². The zero-order valence-electron chi connectivity index (χ0n) is 10.4. The Hall–Kier alpha value is -1.58. The van der Waals surface area contributed by atoms with Gasteiger partial charge in [-0.1, -0.05) is 6.42 Å². The van der Waals surface area contributed by atoms with Crippen LogP contribution in [0, 0.1) is 5.82 Å². The minimum atomic E-state index is -0.602. The summed E-state index contributed by atoms with van der Waals surface area (Å²) in [6, 6.07) is 4.15. The monoisotopic (exact) mass is 252 g/mol. The summed E-state index contributed by atoms with van der Waals surface area (Å²) in [5.74, 6) is -0.793. The number of rotatable bonds is 3. The van der Waals surface area contributed by atoms with Crippen molar-refractivity contribution >= 4 is 5.97 Å². The van der Waals surface area contributed by atoms with Gasteiger partial charge in [-0.25, -0.2) is 9.18 Å². The quantitative estimate of drug-likeness (QED) is 0.774. The Bertz CT molecular complexity index is 425. The molecular formula is C14H17FO3. The van der Waals surface area contributed by atoms with Crippen molar-refractivity contribution in [2.24, 2.45) is 0 Å². The van der Waals surface area contributed by atoms with E-state index in [4.69, 9.17) is 9.47 Å². The molecule has 1 aromatic carbocycles. The van der Waals surface area contributed by atoms with Crippen molar-refractivity contribution in [3.8, 4) is 5.75 Å². The smallest absolute Gasteiger partial charge is 0.341 e. The molecule has 0 heterocycles. The fourth-order valence-corrected chi connectivity index (χ4v) is 2.19. The largest absolute Gasteiger partial charge is 0.497 e. The molecule has 0 aliphatic heterocycles. The van der Waals surface area contributed by atoms with Crippen molar-refractivity contribution in [3.63, 3.8) is 0 Å². The lowest BCUT2D eigenvalue weighted by atomic mass is 9.98. The summed E-state index contributed by atoms with van der Waals surface area (Å²) >= 11 is 0. The van der Waals surface area contributed by atoms with Crippen molar-refractivity contribution in [1.82, 2.24) is 0 Å². The maximum Gasteiger partial charge on any atom is 0.341 e. The van der Waals surface area contributed by atoms with Crippen LogP contribution in [0.2, 0.25) is 0 Å². The Labute approximate surface area is 106 Å². The molecule has 1 aliphatic rings. The maximum atomic E-state index is 13.7. The molecule has 0 atom stereocenters. The van der Waals surface area contributed by atoms with Crippen LogP contribution >= 0.6 is 0 Å². The Morgan fingerprint density at radius 2 is 2.00 bits per heavy atom. The minimum Gasteiger partial charge on any atom is -0.497 e. The number of carbonyl (C=O) groups excluding carboxylic acids is 1. The number of methoxy groups -OCH3 is 1. The highest BCUT2D eigenvalue weighted by Crippen LogP contribution is 2.23. The molecule has 0 radical (unpaired) electrons. The van der Waals surface area contributed by atoms with Gasteiger partial charge >= 0.3 is 5.97 Å². The molecule has 3 nitrogen and oxygen atoms in total. The van der Waals surface area contributed by atoms with Gasteiger partial charge in [-0.2, -0.15) is 0 Å². The van der Waals surface area contributed by atoms with Gasteiger partial charge in [-0.15, -0.1) is 0 Å². The van der Waals surface area contributed by atoms with Crippen LogP contribution in [-0.2, 0) is 4.74 Å². The third-order valence-electron chi connectivity index (χ3n) is 3.22. The highest BCUT2D eigenvalue weighted by molar-refractivity contribution is 5.90. The van der Waals surface area contributed by atoms with E-state index in [1.165, 1.54) is 25.7 Å². The minimum absolute atomic E-state index is 0.0265. The summed E-state index contributed by atoms with van der Waals surface area (Å²) < 4.78 is 23.9. The van der Waals surface area contributed by atoms with E-state index in [2.05, 4.69) is 0 Å². The van der Waals surface area contributed by atoms with Crippen LogP contribution < -0.4 is 4.74 Å².